The fraction of sp³-hybridized carbons (Fsp3) is 0.400. The van der Waals surface area contributed by atoms with Crippen molar-refractivity contribution in [3.63, 3.8) is 0 Å². The van der Waals surface area contributed by atoms with Crippen molar-refractivity contribution in [2.75, 3.05) is 6.54 Å². The zero-order valence-electron chi connectivity index (χ0n) is 10.7. The van der Waals surface area contributed by atoms with Crippen LogP contribution < -0.4 is 0 Å². The Morgan fingerprint density at radius 2 is 2.26 bits per heavy atom. The van der Waals surface area contributed by atoms with Gasteiger partial charge in [0.05, 0.1) is 0 Å². The van der Waals surface area contributed by atoms with Gasteiger partial charge in [0.25, 0.3) is 0 Å². The zero-order valence-corrected chi connectivity index (χ0v) is 10.7. The van der Waals surface area contributed by atoms with Crippen LogP contribution in [0.5, 0.6) is 0 Å². The van der Waals surface area contributed by atoms with Crippen LogP contribution in [0.2, 0.25) is 0 Å². The second kappa shape index (κ2) is 3.46. The molecule has 3 aliphatic heterocycles. The highest BCUT2D eigenvalue weighted by atomic mass is 16.6. The molecule has 0 spiro atoms. The van der Waals surface area contributed by atoms with Gasteiger partial charge in [-0.25, -0.2) is 4.79 Å². The number of ether oxygens (including phenoxy) is 2. The Labute approximate surface area is 111 Å². The third-order valence-corrected chi connectivity index (χ3v) is 4.30. The van der Waals surface area contributed by atoms with E-state index in [-0.39, 0.29) is 12.1 Å². The van der Waals surface area contributed by atoms with Gasteiger partial charge in [0, 0.05) is 6.54 Å². The Hall–Kier alpha value is -1.65. The number of fused-ring (bicyclic) bond motifs is 5. The van der Waals surface area contributed by atoms with Crippen molar-refractivity contribution in [1.82, 2.24) is 4.90 Å². The van der Waals surface area contributed by atoms with Crippen LogP contribution in [-0.2, 0) is 20.9 Å². The summed E-state index contributed by atoms with van der Waals surface area (Å²) >= 11 is 0. The van der Waals surface area contributed by atoms with Gasteiger partial charge < -0.3 is 9.47 Å². The maximum absolute atomic E-state index is 12.3. The molecule has 4 nitrogen and oxygen atoms in total. The summed E-state index contributed by atoms with van der Waals surface area (Å²) < 4.78 is 11.3. The van der Waals surface area contributed by atoms with E-state index in [0.717, 1.165) is 12.1 Å². The highest BCUT2D eigenvalue weighted by Gasteiger charge is 2.77. The van der Waals surface area contributed by atoms with Crippen molar-refractivity contribution in [2.24, 2.45) is 0 Å². The van der Waals surface area contributed by atoms with Gasteiger partial charge in [-0.15, -0.1) is 0 Å². The first-order valence-corrected chi connectivity index (χ1v) is 6.51. The number of nitrogens with zero attached hydrogens (tertiary/aromatic N) is 1. The molecule has 19 heavy (non-hydrogen) atoms. The number of carbonyl (C=O) groups is 1. The molecule has 0 radical (unpaired) electrons. The molecule has 2 fully saturated rings. The molecule has 0 aliphatic carbocycles. The van der Waals surface area contributed by atoms with E-state index in [4.69, 9.17) is 9.47 Å². The van der Waals surface area contributed by atoms with Crippen LogP contribution in [0.3, 0.4) is 0 Å². The molecule has 98 valence electrons. The summed E-state index contributed by atoms with van der Waals surface area (Å²) in [5, 5.41) is 0. The van der Waals surface area contributed by atoms with Gasteiger partial charge in [-0.05, 0) is 18.6 Å². The Morgan fingerprint density at radius 3 is 2.95 bits per heavy atom. The molecule has 0 N–H and O–H groups in total. The van der Waals surface area contributed by atoms with Crippen molar-refractivity contribution < 1.29 is 14.3 Å². The highest BCUT2D eigenvalue weighted by molar-refractivity contribution is 5.87. The number of esters is 1. The normalized spacial score (nSPS) is 41.1. The Bertz CT molecular complexity index is 570. The maximum Gasteiger partial charge on any atom is 0.331 e. The van der Waals surface area contributed by atoms with Crippen LogP contribution in [0.25, 0.3) is 0 Å². The molecule has 1 aromatic rings. The van der Waals surface area contributed by atoms with Gasteiger partial charge in [0.15, 0.2) is 5.54 Å². The van der Waals surface area contributed by atoms with Crippen molar-refractivity contribution in [2.45, 2.75) is 30.9 Å². The smallest absolute Gasteiger partial charge is 0.331 e. The zero-order chi connectivity index (χ0) is 13.1. The van der Waals surface area contributed by atoms with Crippen LogP contribution in [0, 0.1) is 0 Å². The molecule has 1 unspecified atom stereocenters. The molecular weight excluding hydrogens is 242 g/mol. The molecule has 4 atom stereocenters. The summed E-state index contributed by atoms with van der Waals surface area (Å²) in [6, 6.07) is 9.73. The highest BCUT2D eigenvalue weighted by Crippen LogP contribution is 2.56. The third kappa shape index (κ3) is 1.38. The topological polar surface area (TPSA) is 38.5 Å². The summed E-state index contributed by atoms with van der Waals surface area (Å²) in [6.45, 7) is 3.04. The lowest BCUT2D eigenvalue weighted by Gasteiger charge is -2.19. The van der Waals surface area contributed by atoms with Crippen molar-refractivity contribution in [3.05, 3.63) is 48.0 Å². The molecule has 0 aromatic heterocycles. The molecular formula is C15H15NO3. The summed E-state index contributed by atoms with van der Waals surface area (Å²) in [7, 11) is 0. The van der Waals surface area contributed by atoms with Gasteiger partial charge in [-0.3, -0.25) is 4.90 Å². The van der Waals surface area contributed by atoms with E-state index in [1.807, 2.05) is 49.4 Å². The minimum absolute atomic E-state index is 0.152. The van der Waals surface area contributed by atoms with Crippen LogP contribution >= 0.6 is 0 Å². The summed E-state index contributed by atoms with van der Waals surface area (Å²) in [6.07, 6.45) is 3.85. The lowest BCUT2D eigenvalue weighted by Crippen LogP contribution is -2.39. The number of benzene rings is 1. The number of hydrogen-bond acceptors (Lipinski definition) is 4. The fourth-order valence-corrected chi connectivity index (χ4v) is 3.15. The first-order valence-electron chi connectivity index (χ1n) is 6.51. The second-order valence-electron chi connectivity index (χ2n) is 5.52. The molecule has 3 aliphatic rings. The van der Waals surface area contributed by atoms with Gasteiger partial charge in [0.1, 0.15) is 18.4 Å². The van der Waals surface area contributed by atoms with Crippen molar-refractivity contribution in [3.8, 4) is 0 Å². The lowest BCUT2D eigenvalue weighted by atomic mass is 10.0. The van der Waals surface area contributed by atoms with Crippen LogP contribution in [0.1, 0.15) is 12.5 Å². The first-order chi connectivity index (χ1) is 9.15. The standard InChI is InChI=1S/C15H15NO3/c1-14-8-7-12(19-14)15(10-16(14)15)13(17)18-9-11-5-3-2-4-6-11/h2-8,12H,9-10H2,1H3/t12-,14+,15-,16?/m0/s1. The Morgan fingerprint density at radius 1 is 1.47 bits per heavy atom. The minimum Gasteiger partial charge on any atom is -0.459 e. The number of rotatable bonds is 3. The van der Waals surface area contributed by atoms with E-state index >= 15 is 0 Å². The van der Waals surface area contributed by atoms with E-state index in [2.05, 4.69) is 4.90 Å². The van der Waals surface area contributed by atoms with Gasteiger partial charge >= 0.3 is 5.97 Å². The summed E-state index contributed by atoms with van der Waals surface area (Å²) in [5.41, 5.74) is 0.0413. The van der Waals surface area contributed by atoms with E-state index in [0.29, 0.717) is 6.61 Å². The molecule has 4 rings (SSSR count). The number of hydrogen-bond donors (Lipinski definition) is 0. The molecule has 2 saturated heterocycles. The predicted octanol–water partition coefficient (Wildman–Crippen LogP) is 1.47. The van der Waals surface area contributed by atoms with E-state index < -0.39 is 11.3 Å². The van der Waals surface area contributed by atoms with Crippen molar-refractivity contribution >= 4 is 5.97 Å². The van der Waals surface area contributed by atoms with Crippen LogP contribution in [0.15, 0.2) is 42.5 Å². The monoisotopic (exact) mass is 257 g/mol. The average molecular weight is 257 g/mol. The molecule has 4 heteroatoms. The summed E-state index contributed by atoms with van der Waals surface area (Å²) in [4.78, 5) is 14.4. The van der Waals surface area contributed by atoms with E-state index in [1.165, 1.54) is 0 Å². The van der Waals surface area contributed by atoms with Crippen molar-refractivity contribution in [1.29, 1.82) is 0 Å². The fourth-order valence-electron chi connectivity index (χ4n) is 3.15. The first kappa shape index (κ1) is 11.2. The molecule has 0 saturated carbocycles. The largest absolute Gasteiger partial charge is 0.459 e. The predicted molar refractivity (Wildman–Crippen MR) is 68.1 cm³/mol. The number of carbonyl (C=O) groups excluding carboxylic acids is 1. The van der Waals surface area contributed by atoms with Gasteiger partial charge in [-0.2, -0.15) is 0 Å². The van der Waals surface area contributed by atoms with Crippen LogP contribution in [0.4, 0.5) is 0 Å². The van der Waals surface area contributed by atoms with Gasteiger partial charge in [-0.1, -0.05) is 36.4 Å². The van der Waals surface area contributed by atoms with E-state index in [1.54, 1.807) is 0 Å². The van der Waals surface area contributed by atoms with Crippen LogP contribution in [-0.4, -0.2) is 34.8 Å². The summed E-state index contributed by atoms with van der Waals surface area (Å²) in [5.74, 6) is -0.172. The molecule has 3 heterocycles. The Balaban J connectivity index is 1.48. The Kier molecular flexibility index (Phi) is 2.04. The van der Waals surface area contributed by atoms with Gasteiger partial charge in [0.2, 0.25) is 0 Å². The second-order valence-corrected chi connectivity index (χ2v) is 5.52. The molecule has 2 bridgehead atoms. The minimum atomic E-state index is -0.557. The molecule has 1 aromatic carbocycles. The SMILES string of the molecule is C[C@]12C=C[C@H](O1)[C@]1(C(=O)OCc3ccccc3)CN21. The maximum atomic E-state index is 12.3. The molecule has 0 amide bonds. The quantitative estimate of drug-likeness (QED) is 0.467. The third-order valence-electron chi connectivity index (χ3n) is 4.30. The van der Waals surface area contributed by atoms with E-state index in [9.17, 15) is 4.79 Å². The average Bonchev–Trinajstić information content (AvgIpc) is 3.05. The lowest BCUT2D eigenvalue weighted by molar-refractivity contribution is -0.150.